The van der Waals surface area contributed by atoms with Crippen LogP contribution in [0, 0.1) is 6.92 Å². The molecule has 0 radical (unpaired) electrons. The lowest BCUT2D eigenvalue weighted by Crippen LogP contribution is -1.98. The number of aryl methyl sites for hydroxylation is 1. The maximum absolute atomic E-state index is 6.16. The third-order valence-corrected chi connectivity index (χ3v) is 3.81. The molecule has 0 heterocycles. The quantitative estimate of drug-likeness (QED) is 0.751. The average Bonchev–Trinajstić information content (AvgIpc) is 2.37. The van der Waals surface area contributed by atoms with E-state index in [2.05, 4.69) is 5.32 Å². The first-order valence-electron chi connectivity index (χ1n) is 5.78. The summed E-state index contributed by atoms with van der Waals surface area (Å²) in [6.07, 6.45) is 0. The molecule has 2 rings (SSSR count). The summed E-state index contributed by atoms with van der Waals surface area (Å²) in [6, 6.07) is 6.86. The van der Waals surface area contributed by atoms with Gasteiger partial charge in [-0.2, -0.15) is 0 Å². The van der Waals surface area contributed by atoms with Crippen LogP contribution in [0.15, 0.2) is 24.3 Å². The Balaban J connectivity index is 2.47. The summed E-state index contributed by atoms with van der Waals surface area (Å²) >= 11 is 18.4. The second-order valence-corrected chi connectivity index (χ2v) is 5.51. The van der Waals surface area contributed by atoms with E-state index in [1.165, 1.54) is 0 Å². The van der Waals surface area contributed by atoms with Crippen molar-refractivity contribution in [2.24, 2.45) is 0 Å². The first kappa shape index (κ1) is 15.1. The zero-order chi connectivity index (χ0) is 14.9. The van der Waals surface area contributed by atoms with Crippen molar-refractivity contribution in [2.75, 3.05) is 18.2 Å². The Labute approximate surface area is 132 Å². The summed E-state index contributed by atoms with van der Waals surface area (Å²) < 4.78 is 5.30. The van der Waals surface area contributed by atoms with Gasteiger partial charge in [0.2, 0.25) is 0 Å². The molecule has 0 bridgehead atoms. The predicted molar refractivity (Wildman–Crippen MR) is 86.9 cm³/mol. The summed E-state index contributed by atoms with van der Waals surface area (Å²) in [5.41, 5.74) is 8.40. The molecule has 6 heteroatoms. The lowest BCUT2D eigenvalue weighted by atomic mass is 10.2. The van der Waals surface area contributed by atoms with Gasteiger partial charge in [0.15, 0.2) is 0 Å². The Bertz CT molecular complexity index is 636. The highest BCUT2D eigenvalue weighted by atomic mass is 35.5. The first-order chi connectivity index (χ1) is 9.42. The maximum Gasteiger partial charge on any atom is 0.143 e. The Morgan fingerprint density at radius 2 is 1.60 bits per heavy atom. The van der Waals surface area contributed by atoms with E-state index in [-0.39, 0.29) is 0 Å². The highest BCUT2D eigenvalue weighted by Gasteiger charge is 2.12. The van der Waals surface area contributed by atoms with Crippen LogP contribution in [0.2, 0.25) is 15.1 Å². The number of hydrogen-bond donors (Lipinski definition) is 2. The maximum atomic E-state index is 6.16. The van der Waals surface area contributed by atoms with E-state index in [0.29, 0.717) is 32.2 Å². The molecule has 0 aliphatic heterocycles. The average molecular weight is 332 g/mol. The largest absolute Gasteiger partial charge is 0.495 e. The molecule has 20 heavy (non-hydrogen) atoms. The van der Waals surface area contributed by atoms with Crippen LogP contribution in [0.3, 0.4) is 0 Å². The van der Waals surface area contributed by atoms with Crippen molar-refractivity contribution in [3.05, 3.63) is 44.9 Å². The second kappa shape index (κ2) is 6.00. The van der Waals surface area contributed by atoms with Crippen LogP contribution in [0.25, 0.3) is 0 Å². The number of benzene rings is 2. The number of anilines is 3. The minimum absolute atomic E-state index is 0.435. The van der Waals surface area contributed by atoms with Gasteiger partial charge in [-0.15, -0.1) is 0 Å². The van der Waals surface area contributed by atoms with Crippen molar-refractivity contribution in [3.63, 3.8) is 0 Å². The van der Waals surface area contributed by atoms with E-state index in [1.54, 1.807) is 25.3 Å². The highest BCUT2D eigenvalue weighted by molar-refractivity contribution is 6.39. The number of halogens is 3. The molecule has 0 aliphatic rings. The van der Waals surface area contributed by atoms with Crippen molar-refractivity contribution in [1.82, 2.24) is 0 Å². The zero-order valence-corrected chi connectivity index (χ0v) is 13.2. The molecule has 0 aliphatic carbocycles. The summed E-state index contributed by atoms with van der Waals surface area (Å²) in [5.74, 6) is 0.601. The van der Waals surface area contributed by atoms with E-state index in [1.807, 2.05) is 13.0 Å². The van der Waals surface area contributed by atoms with Crippen LogP contribution in [0.1, 0.15) is 5.56 Å². The molecule has 3 nitrogen and oxygen atoms in total. The first-order valence-corrected chi connectivity index (χ1v) is 6.91. The third kappa shape index (κ3) is 3.06. The van der Waals surface area contributed by atoms with Gasteiger partial charge in [0.25, 0.3) is 0 Å². The molecule has 0 saturated heterocycles. The van der Waals surface area contributed by atoms with E-state index in [9.17, 15) is 0 Å². The molecule has 2 aromatic rings. The summed E-state index contributed by atoms with van der Waals surface area (Å²) in [5, 5.41) is 4.65. The molecule has 106 valence electrons. The number of rotatable bonds is 3. The fourth-order valence-corrected chi connectivity index (χ4v) is 2.53. The fourth-order valence-electron chi connectivity index (χ4n) is 1.78. The minimum atomic E-state index is 0.435. The van der Waals surface area contributed by atoms with Gasteiger partial charge in [0.05, 0.1) is 28.5 Å². The molecular formula is C14H13Cl3N2O. The smallest absolute Gasteiger partial charge is 0.143 e. The zero-order valence-electron chi connectivity index (χ0n) is 10.9. The Kier molecular flexibility index (Phi) is 4.53. The topological polar surface area (TPSA) is 47.3 Å². The van der Waals surface area contributed by atoms with E-state index in [4.69, 9.17) is 45.3 Å². The van der Waals surface area contributed by atoms with Gasteiger partial charge in [-0.05, 0) is 30.7 Å². The molecule has 0 fully saturated rings. The van der Waals surface area contributed by atoms with Crippen LogP contribution in [-0.2, 0) is 0 Å². The molecule has 2 aromatic carbocycles. The predicted octanol–water partition coefficient (Wildman–Crippen LogP) is 5.29. The van der Waals surface area contributed by atoms with Gasteiger partial charge >= 0.3 is 0 Å². The van der Waals surface area contributed by atoms with Crippen molar-refractivity contribution < 1.29 is 4.74 Å². The Morgan fingerprint density at radius 3 is 2.15 bits per heavy atom. The number of nitrogen functional groups attached to an aromatic ring is 1. The SMILES string of the molecule is COc1cc(Cl)c(C)cc1Nc1c(Cl)cc(N)cc1Cl. The monoisotopic (exact) mass is 330 g/mol. The molecular weight excluding hydrogens is 319 g/mol. The Hall–Kier alpha value is -1.29. The number of hydrogen-bond acceptors (Lipinski definition) is 3. The molecule has 0 amide bonds. The van der Waals surface area contributed by atoms with E-state index in [0.717, 1.165) is 11.3 Å². The van der Waals surface area contributed by atoms with Crippen molar-refractivity contribution in [1.29, 1.82) is 0 Å². The van der Waals surface area contributed by atoms with Gasteiger partial charge in [-0.1, -0.05) is 34.8 Å². The number of ether oxygens (including phenoxy) is 1. The third-order valence-electron chi connectivity index (χ3n) is 2.80. The van der Waals surface area contributed by atoms with Crippen molar-refractivity contribution in [3.8, 4) is 5.75 Å². The molecule has 0 saturated carbocycles. The highest BCUT2D eigenvalue weighted by Crippen LogP contribution is 2.39. The van der Waals surface area contributed by atoms with Crippen molar-refractivity contribution >= 4 is 51.9 Å². The normalized spacial score (nSPS) is 10.4. The summed E-state index contributed by atoms with van der Waals surface area (Å²) in [6.45, 7) is 1.90. The van der Waals surface area contributed by atoms with Crippen molar-refractivity contribution in [2.45, 2.75) is 6.92 Å². The van der Waals surface area contributed by atoms with Gasteiger partial charge in [0, 0.05) is 16.8 Å². The lowest BCUT2D eigenvalue weighted by molar-refractivity contribution is 0.417. The van der Waals surface area contributed by atoms with Gasteiger partial charge in [-0.25, -0.2) is 0 Å². The fraction of sp³-hybridized carbons (Fsp3) is 0.143. The lowest BCUT2D eigenvalue weighted by Gasteiger charge is -2.15. The van der Waals surface area contributed by atoms with Gasteiger partial charge in [-0.3, -0.25) is 0 Å². The summed E-state index contributed by atoms with van der Waals surface area (Å²) in [7, 11) is 1.57. The Morgan fingerprint density at radius 1 is 1.00 bits per heavy atom. The number of methoxy groups -OCH3 is 1. The molecule has 0 spiro atoms. The molecule has 3 N–H and O–H groups in total. The van der Waals surface area contributed by atoms with Crippen LogP contribution < -0.4 is 15.8 Å². The summed E-state index contributed by atoms with van der Waals surface area (Å²) in [4.78, 5) is 0. The van der Waals surface area contributed by atoms with Gasteiger partial charge < -0.3 is 15.8 Å². The van der Waals surface area contributed by atoms with Gasteiger partial charge in [0.1, 0.15) is 5.75 Å². The number of nitrogens with two attached hydrogens (primary N) is 1. The van der Waals surface area contributed by atoms with Crippen LogP contribution in [-0.4, -0.2) is 7.11 Å². The standard InChI is InChI=1S/C14H13Cl3N2O/c1-7-3-12(13(20-2)6-9(7)15)19-14-10(16)4-8(18)5-11(14)17/h3-6,19H,18H2,1-2H3. The second-order valence-electron chi connectivity index (χ2n) is 4.29. The van der Waals surface area contributed by atoms with E-state index < -0.39 is 0 Å². The van der Waals surface area contributed by atoms with Crippen LogP contribution in [0.4, 0.5) is 17.1 Å². The van der Waals surface area contributed by atoms with Crippen LogP contribution in [0.5, 0.6) is 5.75 Å². The van der Waals surface area contributed by atoms with Crippen LogP contribution >= 0.6 is 34.8 Å². The number of nitrogens with one attached hydrogen (secondary N) is 1. The molecule has 0 unspecified atom stereocenters. The molecule has 0 aromatic heterocycles. The minimum Gasteiger partial charge on any atom is -0.495 e. The molecule has 0 atom stereocenters. The van der Waals surface area contributed by atoms with E-state index >= 15 is 0 Å².